The van der Waals surface area contributed by atoms with Gasteiger partial charge in [-0.2, -0.15) is 0 Å². The minimum atomic E-state index is -0.493. The summed E-state index contributed by atoms with van der Waals surface area (Å²) in [4.78, 5) is 26.2. The Balaban J connectivity index is 1.40. The van der Waals surface area contributed by atoms with Crippen LogP contribution < -0.4 is 16.6 Å². The second kappa shape index (κ2) is 6.07. The lowest BCUT2D eigenvalue weighted by Gasteiger charge is -2.21. The smallest absolute Gasteiger partial charge is 0.408 e. The van der Waals surface area contributed by atoms with Crippen molar-refractivity contribution in [2.45, 2.75) is 37.9 Å². The first-order valence-corrected chi connectivity index (χ1v) is 8.45. The third kappa shape index (κ3) is 2.97. The highest BCUT2D eigenvalue weighted by atomic mass is 16.4. The van der Waals surface area contributed by atoms with Gasteiger partial charge < -0.3 is 9.32 Å². The van der Waals surface area contributed by atoms with E-state index in [0.29, 0.717) is 23.7 Å². The van der Waals surface area contributed by atoms with Crippen molar-refractivity contribution >= 4 is 17.0 Å². The van der Waals surface area contributed by atoms with Crippen LogP contribution in [0, 0.1) is 5.92 Å². The molecule has 1 aromatic carbocycles. The van der Waals surface area contributed by atoms with Gasteiger partial charge in [0.05, 0.1) is 5.52 Å². The van der Waals surface area contributed by atoms with Crippen molar-refractivity contribution in [3.63, 3.8) is 0 Å². The maximum Gasteiger partial charge on any atom is 0.420 e. The highest BCUT2D eigenvalue weighted by Gasteiger charge is 2.36. The van der Waals surface area contributed by atoms with Crippen LogP contribution in [0.1, 0.15) is 19.3 Å². The van der Waals surface area contributed by atoms with Crippen LogP contribution in [0.5, 0.6) is 0 Å². The Kier molecular flexibility index (Phi) is 3.90. The number of fused-ring (bicyclic) bond motifs is 1. The fourth-order valence-corrected chi connectivity index (χ4v) is 3.43. The van der Waals surface area contributed by atoms with Gasteiger partial charge in [-0.1, -0.05) is 12.1 Å². The van der Waals surface area contributed by atoms with Crippen LogP contribution in [0.2, 0.25) is 0 Å². The zero-order valence-electron chi connectivity index (χ0n) is 13.7. The van der Waals surface area contributed by atoms with Crippen LogP contribution in [-0.2, 0) is 11.3 Å². The van der Waals surface area contributed by atoms with Gasteiger partial charge >= 0.3 is 5.76 Å². The zero-order chi connectivity index (χ0) is 16.7. The number of benzene rings is 1. The first-order valence-electron chi connectivity index (χ1n) is 8.45. The lowest BCUT2D eigenvalue weighted by molar-refractivity contribution is -0.130. The van der Waals surface area contributed by atoms with E-state index in [1.54, 1.807) is 30.1 Å². The van der Waals surface area contributed by atoms with Gasteiger partial charge in [0.2, 0.25) is 5.91 Å². The Bertz CT molecular complexity index is 808. The molecule has 24 heavy (non-hydrogen) atoms. The molecule has 1 saturated carbocycles. The van der Waals surface area contributed by atoms with Crippen LogP contribution in [0.3, 0.4) is 0 Å². The van der Waals surface area contributed by atoms with Gasteiger partial charge in [0.15, 0.2) is 5.58 Å². The van der Waals surface area contributed by atoms with Crippen LogP contribution in [-0.4, -0.2) is 41.1 Å². The molecular formula is C17H22N4O3. The average molecular weight is 330 g/mol. The molecule has 1 aliphatic carbocycles. The number of hydrogen-bond acceptors (Lipinski definition) is 5. The normalized spacial score (nSPS) is 23.7. The van der Waals surface area contributed by atoms with Gasteiger partial charge in [-0.15, -0.1) is 0 Å². The van der Waals surface area contributed by atoms with E-state index in [2.05, 4.69) is 10.9 Å². The summed E-state index contributed by atoms with van der Waals surface area (Å²) in [5, 5.41) is 0. The molecule has 1 aliphatic heterocycles. The second-order valence-corrected chi connectivity index (χ2v) is 6.86. The Morgan fingerprint density at radius 1 is 1.33 bits per heavy atom. The quantitative estimate of drug-likeness (QED) is 0.844. The third-order valence-corrected chi connectivity index (χ3v) is 4.99. The Morgan fingerprint density at radius 2 is 2.12 bits per heavy atom. The highest BCUT2D eigenvalue weighted by molar-refractivity contribution is 5.79. The molecular weight excluding hydrogens is 308 g/mol. The molecule has 2 aliphatic rings. The molecule has 1 aromatic heterocycles. The Labute approximate surface area is 139 Å². The molecule has 0 bridgehead atoms. The molecule has 7 nitrogen and oxygen atoms in total. The summed E-state index contributed by atoms with van der Waals surface area (Å²) in [6.45, 7) is 0.623. The van der Waals surface area contributed by atoms with Crippen molar-refractivity contribution in [2.24, 2.45) is 5.92 Å². The largest absolute Gasteiger partial charge is 0.420 e. The predicted octanol–water partition coefficient (Wildman–Crippen LogP) is 0.698. The van der Waals surface area contributed by atoms with E-state index in [4.69, 9.17) is 4.42 Å². The number of likely N-dealkylation sites (N-methyl/N-ethyl adjacent to an activating group) is 1. The Morgan fingerprint density at radius 3 is 2.92 bits per heavy atom. The van der Waals surface area contributed by atoms with E-state index in [0.717, 1.165) is 12.3 Å². The molecule has 0 radical (unpaired) electrons. The molecule has 2 atom stereocenters. The standard InChI is InChI=1S/C17H22N4O3/c1-20(9-12-8-13(19-18-12)11-6-7-11)16(22)10-21-14-4-2-3-5-15(14)24-17(21)23/h2-5,11-13,18-19H,6-10H2,1H3. The minimum Gasteiger partial charge on any atom is -0.408 e. The number of aromatic nitrogens is 1. The molecule has 2 heterocycles. The molecule has 2 aromatic rings. The number of nitrogens with one attached hydrogen (secondary N) is 2. The van der Waals surface area contributed by atoms with E-state index in [1.807, 2.05) is 6.07 Å². The predicted molar refractivity (Wildman–Crippen MR) is 89.3 cm³/mol. The molecule has 1 saturated heterocycles. The minimum absolute atomic E-state index is 0.00144. The number of nitrogens with zero attached hydrogens (tertiary/aromatic N) is 2. The van der Waals surface area contributed by atoms with Crippen molar-refractivity contribution < 1.29 is 9.21 Å². The summed E-state index contributed by atoms with van der Waals surface area (Å²) in [5.41, 5.74) is 7.77. The van der Waals surface area contributed by atoms with E-state index >= 15 is 0 Å². The van der Waals surface area contributed by atoms with E-state index in [1.165, 1.54) is 17.4 Å². The lowest BCUT2D eigenvalue weighted by Crippen LogP contribution is -2.43. The van der Waals surface area contributed by atoms with E-state index in [9.17, 15) is 9.59 Å². The molecule has 2 fully saturated rings. The fraction of sp³-hybridized carbons (Fsp3) is 0.529. The molecule has 0 spiro atoms. The van der Waals surface area contributed by atoms with Gasteiger partial charge in [-0.3, -0.25) is 20.2 Å². The lowest BCUT2D eigenvalue weighted by atomic mass is 10.1. The highest BCUT2D eigenvalue weighted by Crippen LogP contribution is 2.35. The summed E-state index contributed by atoms with van der Waals surface area (Å²) in [7, 11) is 1.78. The number of rotatable bonds is 5. The number of carbonyl (C=O) groups excluding carboxylic acids is 1. The number of carbonyl (C=O) groups is 1. The fourth-order valence-electron chi connectivity index (χ4n) is 3.43. The topological polar surface area (TPSA) is 79.5 Å². The van der Waals surface area contributed by atoms with Crippen molar-refractivity contribution in [1.82, 2.24) is 20.3 Å². The monoisotopic (exact) mass is 330 g/mol. The number of hydrazine groups is 1. The average Bonchev–Trinajstić information content (AvgIpc) is 3.24. The first kappa shape index (κ1) is 15.4. The van der Waals surface area contributed by atoms with Gasteiger partial charge in [0.1, 0.15) is 6.54 Å². The van der Waals surface area contributed by atoms with Gasteiger partial charge in [0.25, 0.3) is 0 Å². The maximum atomic E-state index is 12.5. The number of amides is 1. The number of hydrogen-bond donors (Lipinski definition) is 2. The molecule has 4 rings (SSSR count). The third-order valence-electron chi connectivity index (χ3n) is 4.99. The van der Waals surface area contributed by atoms with Crippen molar-refractivity contribution in [1.29, 1.82) is 0 Å². The molecule has 2 unspecified atom stereocenters. The van der Waals surface area contributed by atoms with Crippen LogP contribution >= 0.6 is 0 Å². The van der Waals surface area contributed by atoms with Crippen LogP contribution in [0.25, 0.3) is 11.1 Å². The van der Waals surface area contributed by atoms with Gasteiger partial charge in [-0.25, -0.2) is 4.79 Å². The maximum absolute atomic E-state index is 12.5. The van der Waals surface area contributed by atoms with Crippen LogP contribution in [0.15, 0.2) is 33.5 Å². The number of para-hydroxylation sites is 2. The zero-order valence-corrected chi connectivity index (χ0v) is 13.7. The van der Waals surface area contributed by atoms with Crippen molar-refractivity contribution in [3.05, 3.63) is 34.8 Å². The SMILES string of the molecule is CN(CC1CC(C2CC2)NN1)C(=O)Cn1c(=O)oc2ccccc21. The number of oxazole rings is 1. The molecule has 128 valence electrons. The van der Waals surface area contributed by atoms with Gasteiger partial charge in [0, 0.05) is 25.7 Å². The summed E-state index contributed by atoms with van der Waals surface area (Å²) in [5.74, 6) is 0.201. The van der Waals surface area contributed by atoms with Crippen molar-refractivity contribution in [3.8, 4) is 0 Å². The summed E-state index contributed by atoms with van der Waals surface area (Å²) >= 11 is 0. The summed E-state index contributed by atoms with van der Waals surface area (Å²) < 4.78 is 6.57. The second-order valence-electron chi connectivity index (χ2n) is 6.86. The van der Waals surface area contributed by atoms with Crippen LogP contribution in [0.4, 0.5) is 0 Å². The summed E-state index contributed by atoms with van der Waals surface area (Å²) in [6.07, 6.45) is 3.64. The molecule has 1 amide bonds. The van der Waals surface area contributed by atoms with E-state index in [-0.39, 0.29) is 18.5 Å². The van der Waals surface area contributed by atoms with Crippen molar-refractivity contribution in [2.75, 3.05) is 13.6 Å². The van der Waals surface area contributed by atoms with Gasteiger partial charge in [-0.05, 0) is 37.3 Å². The Hall–Kier alpha value is -2.12. The summed E-state index contributed by atoms with van der Waals surface area (Å²) in [6, 6.07) is 7.93. The first-order chi connectivity index (χ1) is 11.6. The molecule has 2 N–H and O–H groups in total. The van der Waals surface area contributed by atoms with E-state index < -0.39 is 5.76 Å². The molecule has 7 heteroatoms.